The van der Waals surface area contributed by atoms with Crippen LogP contribution in [0, 0.1) is 0 Å². The number of rotatable bonds is 6. The van der Waals surface area contributed by atoms with E-state index in [-0.39, 0.29) is 42.1 Å². The summed E-state index contributed by atoms with van der Waals surface area (Å²) in [5, 5.41) is 27.6. The number of aryl methyl sites for hydroxylation is 1. The Morgan fingerprint density at radius 1 is 1.11 bits per heavy atom. The summed E-state index contributed by atoms with van der Waals surface area (Å²) in [4.78, 5) is 22.1. The van der Waals surface area contributed by atoms with Gasteiger partial charge in [0.2, 0.25) is 0 Å². The molecule has 0 aliphatic rings. The van der Waals surface area contributed by atoms with E-state index < -0.39 is 5.97 Å². The summed E-state index contributed by atoms with van der Waals surface area (Å²) in [6, 6.07) is 2.59. The molecule has 0 bridgehead atoms. The largest absolute Gasteiger partial charge is 0.508 e. The molecule has 0 heterocycles. The van der Waals surface area contributed by atoms with Crippen LogP contribution in [0.3, 0.4) is 0 Å². The fourth-order valence-corrected chi connectivity index (χ4v) is 1.66. The Balaban J connectivity index is 2.82. The number of hydrogen-bond acceptors (Lipinski definition) is 4. The van der Waals surface area contributed by atoms with Crippen LogP contribution in [-0.4, -0.2) is 27.1 Å². The maximum Gasteiger partial charge on any atom is 0.303 e. The maximum atomic E-state index is 11.8. The van der Waals surface area contributed by atoms with Gasteiger partial charge in [-0.05, 0) is 24.5 Å². The molecule has 0 aromatic heterocycles. The molecular weight excluding hydrogens is 236 g/mol. The van der Waals surface area contributed by atoms with Crippen molar-refractivity contribution in [1.29, 1.82) is 0 Å². The first-order valence-electron chi connectivity index (χ1n) is 5.75. The van der Waals surface area contributed by atoms with Crippen LogP contribution in [0.4, 0.5) is 0 Å². The zero-order chi connectivity index (χ0) is 13.7. The molecule has 0 amide bonds. The van der Waals surface area contributed by atoms with E-state index in [1.54, 1.807) is 0 Å². The molecule has 5 heteroatoms. The van der Waals surface area contributed by atoms with E-state index in [1.165, 1.54) is 6.07 Å². The third kappa shape index (κ3) is 3.48. The Morgan fingerprint density at radius 3 is 2.33 bits per heavy atom. The third-order valence-electron chi connectivity index (χ3n) is 2.67. The summed E-state index contributed by atoms with van der Waals surface area (Å²) < 4.78 is 0. The van der Waals surface area contributed by atoms with Gasteiger partial charge in [-0.3, -0.25) is 9.59 Å². The van der Waals surface area contributed by atoms with Crippen LogP contribution >= 0.6 is 0 Å². The van der Waals surface area contributed by atoms with Gasteiger partial charge in [0.1, 0.15) is 11.5 Å². The molecule has 5 nitrogen and oxygen atoms in total. The summed E-state index contributed by atoms with van der Waals surface area (Å²) in [6.45, 7) is 1.82. The minimum atomic E-state index is -0.952. The third-order valence-corrected chi connectivity index (χ3v) is 2.67. The molecule has 0 aliphatic heterocycles. The van der Waals surface area contributed by atoms with Gasteiger partial charge in [0.15, 0.2) is 5.78 Å². The van der Waals surface area contributed by atoms with Crippen molar-refractivity contribution >= 4 is 11.8 Å². The maximum absolute atomic E-state index is 11.8. The second-order valence-electron chi connectivity index (χ2n) is 4.02. The molecule has 1 aromatic carbocycles. The number of aromatic hydroxyl groups is 2. The highest BCUT2D eigenvalue weighted by Gasteiger charge is 2.14. The minimum absolute atomic E-state index is 0.0444. The molecule has 98 valence electrons. The van der Waals surface area contributed by atoms with Gasteiger partial charge in [-0.1, -0.05) is 6.92 Å². The summed E-state index contributed by atoms with van der Waals surface area (Å²) in [5.41, 5.74) is 0.712. The Labute approximate surface area is 105 Å². The van der Waals surface area contributed by atoms with E-state index >= 15 is 0 Å². The monoisotopic (exact) mass is 252 g/mol. The molecule has 0 unspecified atom stereocenters. The number of Topliss-reactive ketones (excluding diaryl/α,β-unsaturated/α-hetero) is 1. The van der Waals surface area contributed by atoms with Gasteiger partial charge in [0, 0.05) is 18.9 Å². The van der Waals surface area contributed by atoms with Gasteiger partial charge in [-0.2, -0.15) is 0 Å². The van der Waals surface area contributed by atoms with Gasteiger partial charge >= 0.3 is 5.97 Å². The fraction of sp³-hybridized carbons (Fsp3) is 0.385. The van der Waals surface area contributed by atoms with Crippen LogP contribution in [-0.2, 0) is 11.2 Å². The molecule has 0 fully saturated rings. The number of carboxylic acid groups (broad SMARTS) is 1. The lowest BCUT2D eigenvalue weighted by Gasteiger charge is -2.08. The number of phenolic OH excluding ortho intramolecular Hbond substituents is 2. The lowest BCUT2D eigenvalue weighted by atomic mass is 10.0. The molecule has 0 atom stereocenters. The standard InChI is InChI=1S/C13H16O5/c1-2-8-6-9(12(16)7-11(8)15)10(14)4-3-5-13(17)18/h6-7,15-16H,2-5H2,1H3,(H,17,18). The van der Waals surface area contributed by atoms with Crippen LogP contribution in [0.25, 0.3) is 0 Å². The lowest BCUT2D eigenvalue weighted by molar-refractivity contribution is -0.137. The molecule has 0 radical (unpaired) electrons. The second-order valence-corrected chi connectivity index (χ2v) is 4.02. The van der Waals surface area contributed by atoms with E-state index in [0.29, 0.717) is 12.0 Å². The topological polar surface area (TPSA) is 94.8 Å². The molecular formula is C13H16O5. The van der Waals surface area contributed by atoms with Crippen molar-refractivity contribution in [1.82, 2.24) is 0 Å². The van der Waals surface area contributed by atoms with Gasteiger partial charge in [0.05, 0.1) is 5.56 Å². The predicted molar refractivity (Wildman–Crippen MR) is 65.0 cm³/mol. The van der Waals surface area contributed by atoms with Crippen molar-refractivity contribution in [3.05, 3.63) is 23.3 Å². The highest BCUT2D eigenvalue weighted by Crippen LogP contribution is 2.28. The van der Waals surface area contributed by atoms with Gasteiger partial charge < -0.3 is 15.3 Å². The molecule has 3 N–H and O–H groups in total. The average Bonchev–Trinajstić information content (AvgIpc) is 2.28. The molecule has 0 spiro atoms. The first-order chi connectivity index (χ1) is 8.45. The van der Waals surface area contributed by atoms with Crippen molar-refractivity contribution in [3.8, 4) is 11.5 Å². The quantitative estimate of drug-likeness (QED) is 0.674. The fourth-order valence-electron chi connectivity index (χ4n) is 1.66. The number of carbonyl (C=O) groups excluding carboxylic acids is 1. The highest BCUT2D eigenvalue weighted by atomic mass is 16.4. The van der Waals surface area contributed by atoms with E-state index in [4.69, 9.17) is 5.11 Å². The lowest BCUT2D eigenvalue weighted by Crippen LogP contribution is -2.03. The predicted octanol–water partition coefficient (Wildman–Crippen LogP) is 2.10. The Kier molecular flexibility index (Phi) is 4.71. The molecule has 0 aliphatic carbocycles. The number of phenols is 2. The SMILES string of the molecule is CCc1cc(C(=O)CCCC(=O)O)c(O)cc1O. The van der Waals surface area contributed by atoms with Crippen LogP contribution in [0.2, 0.25) is 0 Å². The van der Waals surface area contributed by atoms with E-state index in [1.807, 2.05) is 6.92 Å². The first kappa shape index (κ1) is 14.0. The number of ketones is 1. The molecule has 18 heavy (non-hydrogen) atoms. The van der Waals surface area contributed by atoms with Gasteiger partial charge in [-0.25, -0.2) is 0 Å². The first-order valence-corrected chi connectivity index (χ1v) is 5.75. The van der Waals surface area contributed by atoms with Gasteiger partial charge in [-0.15, -0.1) is 0 Å². The number of carboxylic acids is 1. The Morgan fingerprint density at radius 2 is 1.78 bits per heavy atom. The summed E-state index contributed by atoms with van der Waals surface area (Å²) in [7, 11) is 0. The zero-order valence-corrected chi connectivity index (χ0v) is 10.1. The van der Waals surface area contributed by atoms with Crippen molar-refractivity contribution in [3.63, 3.8) is 0 Å². The van der Waals surface area contributed by atoms with Crippen LogP contribution in [0.15, 0.2) is 12.1 Å². The van der Waals surface area contributed by atoms with Gasteiger partial charge in [0.25, 0.3) is 0 Å². The van der Waals surface area contributed by atoms with E-state index in [9.17, 15) is 19.8 Å². The average molecular weight is 252 g/mol. The summed E-state index contributed by atoms with van der Waals surface area (Å²) in [5.74, 6) is -1.59. The van der Waals surface area contributed by atoms with Crippen molar-refractivity contribution in [2.45, 2.75) is 32.6 Å². The number of hydrogen-bond donors (Lipinski definition) is 3. The Hall–Kier alpha value is -2.04. The molecule has 1 aromatic rings. The van der Waals surface area contributed by atoms with Crippen molar-refractivity contribution in [2.24, 2.45) is 0 Å². The number of aliphatic carboxylic acids is 1. The van der Waals surface area contributed by atoms with Crippen LogP contribution < -0.4 is 0 Å². The van der Waals surface area contributed by atoms with E-state index in [0.717, 1.165) is 6.07 Å². The summed E-state index contributed by atoms with van der Waals surface area (Å²) in [6.07, 6.45) is 0.760. The number of carbonyl (C=O) groups is 2. The highest BCUT2D eigenvalue weighted by molar-refractivity contribution is 5.99. The minimum Gasteiger partial charge on any atom is -0.508 e. The normalized spacial score (nSPS) is 10.3. The van der Waals surface area contributed by atoms with Crippen LogP contribution in [0.1, 0.15) is 42.1 Å². The van der Waals surface area contributed by atoms with Crippen LogP contribution in [0.5, 0.6) is 11.5 Å². The van der Waals surface area contributed by atoms with E-state index in [2.05, 4.69) is 0 Å². The Bertz CT molecular complexity index is 465. The smallest absolute Gasteiger partial charge is 0.303 e. The molecule has 0 saturated carbocycles. The van der Waals surface area contributed by atoms with Crippen molar-refractivity contribution in [2.75, 3.05) is 0 Å². The second kappa shape index (κ2) is 6.05. The molecule has 1 rings (SSSR count). The summed E-state index contributed by atoms with van der Waals surface area (Å²) >= 11 is 0. The molecule has 0 saturated heterocycles. The zero-order valence-electron chi connectivity index (χ0n) is 10.1. The van der Waals surface area contributed by atoms with Crippen molar-refractivity contribution < 1.29 is 24.9 Å². The number of benzene rings is 1.